The third kappa shape index (κ3) is 6.98. The molecule has 2 aromatic carbocycles. The Morgan fingerprint density at radius 1 is 1.12 bits per heavy atom. The molecule has 2 aromatic rings. The number of ether oxygens (including phenoxy) is 1. The zero-order chi connectivity index (χ0) is 18.2. The fourth-order valence-electron chi connectivity index (χ4n) is 1.97. The van der Waals surface area contributed by atoms with Crippen molar-refractivity contribution in [2.24, 2.45) is 0 Å². The van der Waals surface area contributed by atoms with Gasteiger partial charge in [-0.05, 0) is 42.3 Å². The molecule has 0 saturated heterocycles. The molecule has 0 fully saturated rings. The van der Waals surface area contributed by atoms with Gasteiger partial charge in [0.15, 0.2) is 0 Å². The highest BCUT2D eigenvalue weighted by molar-refractivity contribution is 7.99. The normalized spacial score (nSPS) is 10.6. The lowest BCUT2D eigenvalue weighted by Crippen LogP contribution is -2.29. The van der Waals surface area contributed by atoms with E-state index >= 15 is 0 Å². The Balaban J connectivity index is 1.63. The minimum absolute atomic E-state index is 0.0411. The van der Waals surface area contributed by atoms with E-state index in [0.717, 1.165) is 11.1 Å². The highest BCUT2D eigenvalue weighted by Crippen LogP contribution is 2.24. The van der Waals surface area contributed by atoms with Crippen LogP contribution in [0.4, 0.5) is 0 Å². The molecular weight excluding hydrogens is 401 g/mol. The zero-order valence-electron chi connectivity index (χ0n) is 13.7. The molecule has 0 unspecified atom stereocenters. The lowest BCUT2D eigenvalue weighted by Gasteiger charge is -2.09. The minimum Gasteiger partial charge on any atom is -0.492 e. The summed E-state index contributed by atoms with van der Waals surface area (Å²) in [5, 5.41) is 4.70. The van der Waals surface area contributed by atoms with Gasteiger partial charge in [0.05, 0.1) is 12.3 Å². The summed E-state index contributed by atoms with van der Waals surface area (Å²) in [6.07, 6.45) is 0. The number of halogens is 3. The van der Waals surface area contributed by atoms with Crippen LogP contribution in [0.25, 0.3) is 0 Å². The monoisotopic (exact) mass is 417 g/mol. The molecular formula is C18H18Cl3NO2S. The lowest BCUT2D eigenvalue weighted by molar-refractivity contribution is -0.118. The van der Waals surface area contributed by atoms with E-state index in [1.54, 1.807) is 18.2 Å². The Morgan fingerprint density at radius 3 is 2.64 bits per heavy atom. The average Bonchev–Trinajstić information content (AvgIpc) is 2.57. The molecule has 0 saturated carbocycles. The van der Waals surface area contributed by atoms with E-state index < -0.39 is 0 Å². The largest absolute Gasteiger partial charge is 0.492 e. The van der Waals surface area contributed by atoms with E-state index in [4.69, 9.17) is 39.5 Å². The second-order valence-electron chi connectivity index (χ2n) is 5.34. The summed E-state index contributed by atoms with van der Waals surface area (Å²) in [6, 6.07) is 10.9. The molecule has 0 aromatic heterocycles. The van der Waals surface area contributed by atoms with E-state index in [1.165, 1.54) is 11.8 Å². The number of carbonyl (C=O) groups is 1. The first-order valence-corrected chi connectivity index (χ1v) is 9.92. The summed E-state index contributed by atoms with van der Waals surface area (Å²) in [6.45, 7) is 2.76. The fourth-order valence-corrected chi connectivity index (χ4v) is 3.55. The van der Waals surface area contributed by atoms with Gasteiger partial charge in [-0.25, -0.2) is 0 Å². The number of thioether (sulfide) groups is 1. The molecule has 1 N–H and O–H groups in total. The van der Waals surface area contributed by atoms with Crippen molar-refractivity contribution in [3.63, 3.8) is 0 Å². The van der Waals surface area contributed by atoms with Crippen molar-refractivity contribution in [3.8, 4) is 5.75 Å². The van der Waals surface area contributed by atoms with E-state index in [-0.39, 0.29) is 5.91 Å². The molecule has 134 valence electrons. The van der Waals surface area contributed by atoms with Crippen LogP contribution in [0.5, 0.6) is 5.75 Å². The highest BCUT2D eigenvalue weighted by Gasteiger charge is 2.05. The standard InChI is InChI=1S/C18H18Cl3NO2S/c1-12-2-5-15(9-16(12)20)24-7-6-22-18(23)11-25-10-13-3-4-14(19)8-17(13)21/h2-5,8-9H,6-7,10-11H2,1H3,(H,22,23). The van der Waals surface area contributed by atoms with Gasteiger partial charge < -0.3 is 10.1 Å². The maximum Gasteiger partial charge on any atom is 0.230 e. The molecule has 1 amide bonds. The molecule has 0 spiro atoms. The Bertz CT molecular complexity index is 740. The first kappa shape index (κ1) is 20.2. The minimum atomic E-state index is -0.0411. The van der Waals surface area contributed by atoms with Gasteiger partial charge in [0.25, 0.3) is 0 Å². The summed E-state index contributed by atoms with van der Waals surface area (Å²) in [7, 11) is 0. The molecule has 25 heavy (non-hydrogen) atoms. The molecule has 0 heterocycles. The maximum absolute atomic E-state index is 11.8. The Kier molecular flexibility index (Phi) is 8.24. The van der Waals surface area contributed by atoms with Crippen molar-refractivity contribution in [1.82, 2.24) is 5.32 Å². The molecule has 3 nitrogen and oxygen atoms in total. The van der Waals surface area contributed by atoms with Gasteiger partial charge in [-0.15, -0.1) is 11.8 Å². The molecule has 7 heteroatoms. The van der Waals surface area contributed by atoms with Crippen LogP contribution < -0.4 is 10.1 Å². The smallest absolute Gasteiger partial charge is 0.230 e. The Morgan fingerprint density at radius 2 is 1.92 bits per heavy atom. The van der Waals surface area contributed by atoms with Gasteiger partial charge in [-0.2, -0.15) is 0 Å². The number of carbonyl (C=O) groups excluding carboxylic acids is 1. The van der Waals surface area contributed by atoms with Gasteiger partial charge in [0.1, 0.15) is 12.4 Å². The van der Waals surface area contributed by atoms with Gasteiger partial charge in [0, 0.05) is 20.8 Å². The number of hydrogen-bond acceptors (Lipinski definition) is 3. The number of rotatable bonds is 8. The predicted octanol–water partition coefficient (Wildman–Crippen LogP) is 5.38. The van der Waals surface area contributed by atoms with Crippen molar-refractivity contribution >= 4 is 52.5 Å². The van der Waals surface area contributed by atoms with Gasteiger partial charge in [0.2, 0.25) is 5.91 Å². The van der Waals surface area contributed by atoms with Crippen LogP contribution in [0, 0.1) is 6.92 Å². The third-order valence-electron chi connectivity index (χ3n) is 3.34. The summed E-state index contributed by atoms with van der Waals surface area (Å²) >= 11 is 19.5. The second-order valence-corrected chi connectivity index (χ2v) is 7.57. The highest BCUT2D eigenvalue weighted by atomic mass is 35.5. The topological polar surface area (TPSA) is 38.3 Å². The van der Waals surface area contributed by atoms with Crippen molar-refractivity contribution in [1.29, 1.82) is 0 Å². The first-order chi connectivity index (χ1) is 12.0. The molecule has 0 bridgehead atoms. The van der Waals surface area contributed by atoms with Crippen LogP contribution >= 0.6 is 46.6 Å². The number of aryl methyl sites for hydroxylation is 1. The number of nitrogens with one attached hydrogen (secondary N) is 1. The molecule has 0 atom stereocenters. The molecule has 0 aliphatic carbocycles. The van der Waals surface area contributed by atoms with Crippen LogP contribution in [0.2, 0.25) is 15.1 Å². The molecule has 0 aliphatic rings. The lowest BCUT2D eigenvalue weighted by atomic mass is 10.2. The van der Waals surface area contributed by atoms with E-state index in [1.807, 2.05) is 25.1 Å². The van der Waals surface area contributed by atoms with Crippen LogP contribution in [0.3, 0.4) is 0 Å². The van der Waals surface area contributed by atoms with Crippen LogP contribution in [-0.4, -0.2) is 24.8 Å². The first-order valence-electron chi connectivity index (χ1n) is 7.63. The van der Waals surface area contributed by atoms with Crippen molar-refractivity contribution in [2.45, 2.75) is 12.7 Å². The fraction of sp³-hybridized carbons (Fsp3) is 0.278. The summed E-state index contributed by atoms with van der Waals surface area (Å²) in [5.41, 5.74) is 1.96. The Hall–Kier alpha value is -1.07. The quantitative estimate of drug-likeness (QED) is 0.585. The van der Waals surface area contributed by atoms with Gasteiger partial charge in [-0.1, -0.05) is 46.9 Å². The van der Waals surface area contributed by atoms with E-state index in [0.29, 0.717) is 45.5 Å². The average molecular weight is 419 g/mol. The molecule has 0 aliphatic heterocycles. The van der Waals surface area contributed by atoms with E-state index in [9.17, 15) is 4.79 Å². The molecule has 2 rings (SSSR count). The van der Waals surface area contributed by atoms with Crippen LogP contribution in [-0.2, 0) is 10.5 Å². The van der Waals surface area contributed by atoms with Gasteiger partial charge in [-0.3, -0.25) is 4.79 Å². The number of hydrogen-bond donors (Lipinski definition) is 1. The van der Waals surface area contributed by atoms with Crippen LogP contribution in [0.1, 0.15) is 11.1 Å². The predicted molar refractivity (Wildman–Crippen MR) is 107 cm³/mol. The van der Waals surface area contributed by atoms with Gasteiger partial charge >= 0.3 is 0 Å². The zero-order valence-corrected chi connectivity index (χ0v) is 16.7. The molecule has 0 radical (unpaired) electrons. The third-order valence-corrected chi connectivity index (χ3v) is 5.32. The van der Waals surface area contributed by atoms with Crippen molar-refractivity contribution < 1.29 is 9.53 Å². The SMILES string of the molecule is Cc1ccc(OCCNC(=O)CSCc2ccc(Cl)cc2Cl)cc1Cl. The maximum atomic E-state index is 11.8. The summed E-state index contributed by atoms with van der Waals surface area (Å²) < 4.78 is 5.56. The van der Waals surface area contributed by atoms with Crippen LogP contribution in [0.15, 0.2) is 36.4 Å². The number of amides is 1. The second kappa shape index (κ2) is 10.2. The summed E-state index contributed by atoms with van der Waals surface area (Å²) in [5.74, 6) is 1.66. The van der Waals surface area contributed by atoms with E-state index in [2.05, 4.69) is 5.32 Å². The summed E-state index contributed by atoms with van der Waals surface area (Å²) in [4.78, 5) is 11.8. The Labute approximate surface area is 167 Å². The van der Waals surface area contributed by atoms with Crippen molar-refractivity contribution in [3.05, 3.63) is 62.6 Å². The van der Waals surface area contributed by atoms with Crippen molar-refractivity contribution in [2.75, 3.05) is 18.9 Å². The number of benzene rings is 2.